The number of ether oxygens (including phenoxy) is 1. The average Bonchev–Trinajstić information content (AvgIpc) is 3.33. The molecule has 0 spiro atoms. The van der Waals surface area contributed by atoms with Crippen LogP contribution < -0.4 is 9.80 Å². The van der Waals surface area contributed by atoms with Crippen LogP contribution in [0.3, 0.4) is 0 Å². The van der Waals surface area contributed by atoms with Crippen LogP contribution in [0.15, 0.2) is 48.9 Å². The molecule has 0 aliphatic carbocycles. The normalized spacial score (nSPS) is 18.0. The zero-order chi connectivity index (χ0) is 21.6. The molecular weight excluding hydrogens is 402 g/mol. The first-order valence-electron chi connectivity index (χ1n) is 11.4. The van der Waals surface area contributed by atoms with Gasteiger partial charge in [0.05, 0.1) is 12.6 Å². The third-order valence-corrected chi connectivity index (χ3v) is 6.17. The lowest BCUT2D eigenvalue weighted by atomic mass is 10.1. The number of imidazole rings is 1. The van der Waals surface area contributed by atoms with Gasteiger partial charge in [-0.2, -0.15) is 0 Å². The maximum atomic E-state index is 6.02. The summed E-state index contributed by atoms with van der Waals surface area (Å²) in [7, 11) is 0. The highest BCUT2D eigenvalue weighted by Crippen LogP contribution is 2.19. The SMILES string of the molecule is C(#CCN1CCN(c2ccccn2)CC1)COC1CCN(c2ccc3nccn3n2)CC1. The highest BCUT2D eigenvalue weighted by Gasteiger charge is 2.21. The van der Waals surface area contributed by atoms with E-state index in [0.717, 1.165) is 75.9 Å². The Labute approximate surface area is 188 Å². The molecule has 3 aromatic heterocycles. The smallest absolute Gasteiger partial charge is 0.153 e. The standard InChI is InChI=1S/C24H29N7O/c1-2-10-25-22(5-1)30-18-16-28(17-19-30)12-3-4-20-32-21-8-13-29(14-9-21)24-7-6-23-26-11-15-31(23)27-24/h1-2,5-7,10-11,15,21H,8-9,12-14,16-20H2. The summed E-state index contributed by atoms with van der Waals surface area (Å²) in [5.41, 5.74) is 0.876. The van der Waals surface area contributed by atoms with E-state index in [2.05, 4.69) is 47.7 Å². The first-order valence-corrected chi connectivity index (χ1v) is 11.4. The summed E-state index contributed by atoms with van der Waals surface area (Å²) < 4.78 is 7.84. The van der Waals surface area contributed by atoms with E-state index in [-0.39, 0.29) is 6.10 Å². The predicted molar refractivity (Wildman–Crippen MR) is 125 cm³/mol. The summed E-state index contributed by atoms with van der Waals surface area (Å²) in [5.74, 6) is 8.56. The number of hydrogen-bond acceptors (Lipinski definition) is 7. The van der Waals surface area contributed by atoms with Gasteiger partial charge in [-0.3, -0.25) is 4.90 Å². The predicted octanol–water partition coefficient (Wildman–Crippen LogP) is 1.94. The van der Waals surface area contributed by atoms with Gasteiger partial charge in [-0.05, 0) is 37.1 Å². The third-order valence-electron chi connectivity index (χ3n) is 6.17. The number of pyridine rings is 1. The lowest BCUT2D eigenvalue weighted by Gasteiger charge is -2.34. The second kappa shape index (κ2) is 9.98. The second-order valence-electron chi connectivity index (χ2n) is 8.22. The number of rotatable bonds is 5. The maximum Gasteiger partial charge on any atom is 0.153 e. The molecule has 5 rings (SSSR count). The molecule has 0 radical (unpaired) electrons. The molecule has 32 heavy (non-hydrogen) atoms. The molecule has 0 amide bonds. The van der Waals surface area contributed by atoms with Crippen LogP contribution >= 0.6 is 0 Å². The lowest BCUT2D eigenvalue weighted by molar-refractivity contribution is 0.0593. The number of anilines is 2. The minimum Gasteiger partial charge on any atom is -0.365 e. The van der Waals surface area contributed by atoms with Crippen molar-refractivity contribution >= 4 is 17.3 Å². The zero-order valence-electron chi connectivity index (χ0n) is 18.3. The Morgan fingerprint density at radius 2 is 1.69 bits per heavy atom. The number of piperidine rings is 1. The van der Waals surface area contributed by atoms with E-state index < -0.39 is 0 Å². The third kappa shape index (κ3) is 5.01. The monoisotopic (exact) mass is 431 g/mol. The summed E-state index contributed by atoms with van der Waals surface area (Å²) in [6.45, 7) is 7.25. The van der Waals surface area contributed by atoms with Crippen molar-refractivity contribution in [3.63, 3.8) is 0 Å². The molecule has 166 valence electrons. The van der Waals surface area contributed by atoms with Gasteiger partial charge in [-0.15, -0.1) is 5.10 Å². The van der Waals surface area contributed by atoms with E-state index in [0.29, 0.717) is 6.61 Å². The maximum absolute atomic E-state index is 6.02. The molecule has 0 N–H and O–H groups in total. The van der Waals surface area contributed by atoms with E-state index >= 15 is 0 Å². The molecule has 0 bridgehead atoms. The van der Waals surface area contributed by atoms with E-state index in [1.807, 2.05) is 41.2 Å². The summed E-state index contributed by atoms with van der Waals surface area (Å²) in [5, 5.41) is 4.64. The molecule has 2 aliphatic heterocycles. The Hall–Kier alpha value is -3.15. The molecule has 0 aromatic carbocycles. The van der Waals surface area contributed by atoms with Gasteiger partial charge in [0.1, 0.15) is 18.2 Å². The van der Waals surface area contributed by atoms with Gasteiger partial charge >= 0.3 is 0 Å². The minimum absolute atomic E-state index is 0.277. The van der Waals surface area contributed by atoms with Crippen LogP contribution in [-0.4, -0.2) is 83.0 Å². The van der Waals surface area contributed by atoms with Crippen molar-refractivity contribution in [3.8, 4) is 11.8 Å². The van der Waals surface area contributed by atoms with E-state index in [1.54, 1.807) is 6.20 Å². The quantitative estimate of drug-likeness (QED) is 0.572. The average molecular weight is 432 g/mol. The van der Waals surface area contributed by atoms with Crippen molar-refractivity contribution in [3.05, 3.63) is 48.9 Å². The Kier molecular flexibility index (Phi) is 6.47. The van der Waals surface area contributed by atoms with Crippen LogP contribution in [0.2, 0.25) is 0 Å². The van der Waals surface area contributed by atoms with Gasteiger partial charge in [0.15, 0.2) is 5.65 Å². The molecule has 8 nitrogen and oxygen atoms in total. The van der Waals surface area contributed by atoms with Crippen LogP contribution in [0.5, 0.6) is 0 Å². The van der Waals surface area contributed by atoms with Crippen LogP contribution in [0, 0.1) is 11.8 Å². The number of nitrogens with zero attached hydrogens (tertiary/aromatic N) is 7. The second-order valence-corrected chi connectivity index (χ2v) is 8.22. The number of aromatic nitrogens is 4. The van der Waals surface area contributed by atoms with Gasteiger partial charge in [-0.25, -0.2) is 14.5 Å². The summed E-state index contributed by atoms with van der Waals surface area (Å²) in [4.78, 5) is 15.7. The first-order chi connectivity index (χ1) is 15.8. The zero-order valence-corrected chi connectivity index (χ0v) is 18.3. The molecule has 3 aromatic rings. The van der Waals surface area contributed by atoms with E-state index in [4.69, 9.17) is 4.74 Å². The van der Waals surface area contributed by atoms with Gasteiger partial charge in [0.25, 0.3) is 0 Å². The van der Waals surface area contributed by atoms with Crippen molar-refractivity contribution in [2.75, 3.05) is 62.2 Å². The van der Waals surface area contributed by atoms with Crippen LogP contribution in [0.4, 0.5) is 11.6 Å². The van der Waals surface area contributed by atoms with Crippen LogP contribution in [0.1, 0.15) is 12.8 Å². The van der Waals surface area contributed by atoms with Crippen molar-refractivity contribution < 1.29 is 4.74 Å². The van der Waals surface area contributed by atoms with E-state index in [1.165, 1.54) is 0 Å². The highest BCUT2D eigenvalue weighted by atomic mass is 16.5. The largest absolute Gasteiger partial charge is 0.365 e. The fraction of sp³-hybridized carbons (Fsp3) is 0.458. The molecule has 2 fully saturated rings. The van der Waals surface area contributed by atoms with Crippen LogP contribution in [-0.2, 0) is 4.74 Å². The van der Waals surface area contributed by atoms with Crippen molar-refractivity contribution in [2.24, 2.45) is 0 Å². The number of hydrogen-bond donors (Lipinski definition) is 0. The van der Waals surface area contributed by atoms with Gasteiger partial charge in [-0.1, -0.05) is 17.9 Å². The summed E-state index contributed by atoms with van der Waals surface area (Å²) in [6, 6.07) is 10.1. The molecule has 0 unspecified atom stereocenters. The molecule has 2 aliphatic rings. The van der Waals surface area contributed by atoms with Crippen molar-refractivity contribution in [1.29, 1.82) is 0 Å². The topological polar surface area (TPSA) is 62.0 Å². The molecule has 5 heterocycles. The fourth-order valence-electron chi connectivity index (χ4n) is 4.28. The Morgan fingerprint density at radius 1 is 0.844 bits per heavy atom. The fourth-order valence-corrected chi connectivity index (χ4v) is 4.28. The Bertz CT molecular complexity index is 1060. The molecule has 0 saturated carbocycles. The highest BCUT2D eigenvalue weighted by molar-refractivity contribution is 5.46. The van der Waals surface area contributed by atoms with Crippen molar-refractivity contribution in [1.82, 2.24) is 24.5 Å². The Balaban J connectivity index is 0.997. The summed E-state index contributed by atoms with van der Waals surface area (Å²) in [6.07, 6.45) is 7.79. The van der Waals surface area contributed by atoms with Gasteiger partial charge in [0.2, 0.25) is 0 Å². The van der Waals surface area contributed by atoms with Gasteiger partial charge < -0.3 is 14.5 Å². The molecule has 8 heteroatoms. The van der Waals surface area contributed by atoms with Crippen molar-refractivity contribution in [2.45, 2.75) is 18.9 Å². The first kappa shape index (κ1) is 20.7. The molecular formula is C24H29N7O. The Morgan fingerprint density at radius 3 is 2.50 bits per heavy atom. The number of piperazine rings is 1. The van der Waals surface area contributed by atoms with Crippen LogP contribution in [0.25, 0.3) is 5.65 Å². The minimum atomic E-state index is 0.277. The van der Waals surface area contributed by atoms with Gasteiger partial charge in [0, 0.05) is 57.9 Å². The molecule has 2 saturated heterocycles. The summed E-state index contributed by atoms with van der Waals surface area (Å²) >= 11 is 0. The molecule has 0 atom stereocenters. The van der Waals surface area contributed by atoms with E-state index in [9.17, 15) is 0 Å². The number of fused-ring (bicyclic) bond motifs is 1. The lowest BCUT2D eigenvalue weighted by Crippen LogP contribution is -2.46.